The molecule has 3 rings (SSSR count). The van der Waals surface area contributed by atoms with Gasteiger partial charge in [-0.05, 0) is 49.9 Å². The molecule has 156 valence electrons. The summed E-state index contributed by atoms with van der Waals surface area (Å²) < 4.78 is 7.23. The molecule has 1 amide bonds. The van der Waals surface area contributed by atoms with Crippen LogP contribution in [0.4, 0.5) is 0 Å². The summed E-state index contributed by atoms with van der Waals surface area (Å²) in [5, 5.41) is 3.84. The molecule has 0 saturated heterocycles. The van der Waals surface area contributed by atoms with E-state index in [0.717, 1.165) is 16.4 Å². The molecule has 30 heavy (non-hydrogen) atoms. The van der Waals surface area contributed by atoms with E-state index in [0.29, 0.717) is 5.56 Å². The van der Waals surface area contributed by atoms with Crippen molar-refractivity contribution in [2.24, 2.45) is 0 Å². The van der Waals surface area contributed by atoms with Crippen molar-refractivity contribution in [2.45, 2.75) is 37.6 Å². The molecular weight excluding hydrogens is 398 g/mol. The number of carbonyl (C=O) groups is 2. The fraction of sp³-hybridized carbons (Fsp3) is 0.261. The number of esters is 1. The second-order valence-corrected chi connectivity index (χ2v) is 7.78. The molecule has 0 spiro atoms. The summed E-state index contributed by atoms with van der Waals surface area (Å²) in [6.45, 7) is 3.61. The molecule has 1 heterocycles. The van der Waals surface area contributed by atoms with Gasteiger partial charge in [-0.25, -0.2) is 4.98 Å². The zero-order valence-electron chi connectivity index (χ0n) is 17.2. The molecule has 0 aliphatic carbocycles. The zero-order chi connectivity index (χ0) is 21.5. The molecule has 0 aliphatic rings. The van der Waals surface area contributed by atoms with Gasteiger partial charge in [-0.1, -0.05) is 42.1 Å². The van der Waals surface area contributed by atoms with Crippen LogP contribution in [0.25, 0.3) is 5.69 Å². The molecule has 2 aromatic carbocycles. The number of benzene rings is 2. The summed E-state index contributed by atoms with van der Waals surface area (Å²) in [7, 11) is 0. The van der Waals surface area contributed by atoms with Gasteiger partial charge in [0.05, 0.1) is 18.6 Å². The van der Waals surface area contributed by atoms with E-state index < -0.39 is 6.04 Å². The van der Waals surface area contributed by atoms with Crippen molar-refractivity contribution in [3.05, 3.63) is 78.1 Å². The first-order chi connectivity index (χ1) is 14.5. The average Bonchev–Trinajstić information content (AvgIpc) is 3.22. The highest BCUT2D eigenvalue weighted by atomic mass is 32.2. The Kier molecular flexibility index (Phi) is 7.30. The molecule has 3 aromatic rings. The van der Waals surface area contributed by atoms with Crippen LogP contribution in [-0.2, 0) is 9.53 Å². The van der Waals surface area contributed by atoms with E-state index in [1.165, 1.54) is 0 Å². The number of ether oxygens (including phenoxy) is 1. The molecule has 1 atom stereocenters. The number of nitrogens with zero attached hydrogens (tertiary/aromatic N) is 2. The maximum Gasteiger partial charge on any atom is 0.308 e. The molecular formula is C23H25N3O3S. The fourth-order valence-electron chi connectivity index (χ4n) is 3.07. The van der Waals surface area contributed by atoms with Gasteiger partial charge in [-0.2, -0.15) is 0 Å². The third-order valence-electron chi connectivity index (χ3n) is 4.44. The average molecular weight is 424 g/mol. The fourth-order valence-corrected chi connectivity index (χ4v) is 3.60. The highest BCUT2D eigenvalue weighted by Crippen LogP contribution is 2.21. The van der Waals surface area contributed by atoms with E-state index in [1.54, 1.807) is 43.9 Å². The van der Waals surface area contributed by atoms with Gasteiger partial charge < -0.3 is 10.1 Å². The van der Waals surface area contributed by atoms with Gasteiger partial charge in [-0.15, -0.1) is 0 Å². The van der Waals surface area contributed by atoms with Gasteiger partial charge in [0.15, 0.2) is 5.16 Å². The van der Waals surface area contributed by atoms with Gasteiger partial charge in [0.2, 0.25) is 0 Å². The first kappa shape index (κ1) is 21.6. The predicted molar refractivity (Wildman–Crippen MR) is 118 cm³/mol. The van der Waals surface area contributed by atoms with E-state index in [-0.39, 0.29) is 24.4 Å². The minimum Gasteiger partial charge on any atom is -0.463 e. The number of nitrogens with one attached hydrogen (secondary N) is 1. The summed E-state index contributed by atoms with van der Waals surface area (Å²) in [6.07, 6.45) is 5.46. The summed E-state index contributed by atoms with van der Waals surface area (Å²) >= 11 is 1.55. The van der Waals surface area contributed by atoms with E-state index in [4.69, 9.17) is 4.74 Å². The lowest BCUT2D eigenvalue weighted by Gasteiger charge is -2.19. The van der Waals surface area contributed by atoms with Gasteiger partial charge in [0.1, 0.15) is 0 Å². The number of thioether (sulfide) groups is 1. The molecule has 0 radical (unpaired) electrons. The summed E-state index contributed by atoms with van der Waals surface area (Å²) in [5.41, 5.74) is 2.29. The van der Waals surface area contributed by atoms with Crippen LogP contribution in [0.2, 0.25) is 0 Å². The first-order valence-corrected chi connectivity index (χ1v) is 10.9. The van der Waals surface area contributed by atoms with Crippen LogP contribution in [0, 0.1) is 0 Å². The predicted octanol–water partition coefficient (Wildman–Crippen LogP) is 4.41. The third kappa shape index (κ3) is 5.51. The number of amides is 1. The molecule has 7 heteroatoms. The van der Waals surface area contributed by atoms with Crippen LogP contribution in [-0.4, -0.2) is 33.8 Å². The van der Waals surface area contributed by atoms with Crippen LogP contribution in [0.15, 0.2) is 72.1 Å². The molecule has 0 saturated carbocycles. The second-order valence-electron chi connectivity index (χ2n) is 7.01. The van der Waals surface area contributed by atoms with Crippen molar-refractivity contribution in [1.29, 1.82) is 0 Å². The van der Waals surface area contributed by atoms with Crippen LogP contribution in [0.1, 0.15) is 42.2 Å². The van der Waals surface area contributed by atoms with Crippen molar-refractivity contribution in [3.63, 3.8) is 0 Å². The van der Waals surface area contributed by atoms with Crippen LogP contribution in [0.3, 0.4) is 0 Å². The minimum atomic E-state index is -0.471. The number of rotatable bonds is 8. The molecule has 0 bridgehead atoms. The standard InChI is InChI=1S/C23H25N3O3S/c1-16(2)29-21(27)15-20(17-7-5-4-6-8-17)25-22(28)18-9-11-19(12-10-18)26-14-13-24-23(26)30-3/h4-14,16,20H,15H2,1-3H3,(H,25,28). The normalized spacial score (nSPS) is 11.9. The Bertz CT molecular complexity index is 984. The Hall–Kier alpha value is -3.06. The van der Waals surface area contributed by atoms with E-state index in [2.05, 4.69) is 10.3 Å². The topological polar surface area (TPSA) is 73.2 Å². The van der Waals surface area contributed by atoms with Crippen molar-refractivity contribution in [2.75, 3.05) is 6.26 Å². The molecule has 6 nitrogen and oxygen atoms in total. The Balaban J connectivity index is 1.75. The number of hydrogen-bond donors (Lipinski definition) is 1. The largest absolute Gasteiger partial charge is 0.463 e. The molecule has 0 aliphatic heterocycles. The molecule has 1 aromatic heterocycles. The quantitative estimate of drug-likeness (QED) is 0.429. The van der Waals surface area contributed by atoms with Gasteiger partial charge in [0, 0.05) is 23.6 Å². The van der Waals surface area contributed by atoms with E-state index in [9.17, 15) is 9.59 Å². The number of aromatic nitrogens is 2. The number of hydrogen-bond acceptors (Lipinski definition) is 5. The summed E-state index contributed by atoms with van der Waals surface area (Å²) in [4.78, 5) is 29.4. The number of imidazole rings is 1. The lowest BCUT2D eigenvalue weighted by molar-refractivity contribution is -0.147. The maximum atomic E-state index is 12.9. The van der Waals surface area contributed by atoms with Gasteiger partial charge in [-0.3, -0.25) is 14.2 Å². The molecule has 0 fully saturated rings. The maximum absolute atomic E-state index is 12.9. The second kappa shape index (κ2) is 10.1. The van der Waals surface area contributed by atoms with Crippen molar-refractivity contribution in [3.8, 4) is 5.69 Å². The number of carbonyl (C=O) groups excluding carboxylic acids is 2. The lowest BCUT2D eigenvalue weighted by Crippen LogP contribution is -2.31. The Labute approximate surface area is 180 Å². The van der Waals surface area contributed by atoms with Gasteiger partial charge in [0.25, 0.3) is 5.91 Å². The summed E-state index contributed by atoms with van der Waals surface area (Å²) in [5.74, 6) is -0.595. The van der Waals surface area contributed by atoms with Crippen LogP contribution < -0.4 is 5.32 Å². The minimum absolute atomic E-state index is 0.0676. The molecule has 1 unspecified atom stereocenters. The van der Waals surface area contributed by atoms with Gasteiger partial charge >= 0.3 is 5.97 Å². The van der Waals surface area contributed by atoms with E-state index in [1.807, 2.05) is 59.5 Å². The van der Waals surface area contributed by atoms with Crippen molar-refractivity contribution in [1.82, 2.24) is 14.9 Å². The Morgan fingerprint density at radius 3 is 2.43 bits per heavy atom. The van der Waals surface area contributed by atoms with Crippen LogP contribution in [0.5, 0.6) is 0 Å². The smallest absolute Gasteiger partial charge is 0.308 e. The SMILES string of the molecule is CSc1nccn1-c1ccc(C(=O)NC(CC(=O)OC(C)C)c2ccccc2)cc1. The van der Waals surface area contributed by atoms with Crippen molar-refractivity contribution >= 4 is 23.6 Å². The van der Waals surface area contributed by atoms with Crippen LogP contribution >= 0.6 is 11.8 Å². The highest BCUT2D eigenvalue weighted by molar-refractivity contribution is 7.98. The first-order valence-electron chi connectivity index (χ1n) is 9.71. The highest BCUT2D eigenvalue weighted by Gasteiger charge is 2.20. The van der Waals surface area contributed by atoms with E-state index >= 15 is 0 Å². The monoisotopic (exact) mass is 423 g/mol. The Morgan fingerprint density at radius 1 is 1.10 bits per heavy atom. The zero-order valence-corrected chi connectivity index (χ0v) is 18.1. The van der Waals surface area contributed by atoms with Crippen molar-refractivity contribution < 1.29 is 14.3 Å². The third-order valence-corrected chi connectivity index (χ3v) is 5.11. The molecule has 1 N–H and O–H groups in total. The Morgan fingerprint density at radius 2 is 1.80 bits per heavy atom. The summed E-state index contributed by atoms with van der Waals surface area (Å²) in [6, 6.07) is 16.2. The lowest BCUT2D eigenvalue weighted by atomic mass is 10.0.